The Labute approximate surface area is 185 Å². The van der Waals surface area contributed by atoms with Gasteiger partial charge in [-0.3, -0.25) is 0 Å². The van der Waals surface area contributed by atoms with E-state index < -0.39 is 0 Å². The van der Waals surface area contributed by atoms with Gasteiger partial charge in [0.05, 0.1) is 36.8 Å². The molecule has 1 aromatic carbocycles. The van der Waals surface area contributed by atoms with Gasteiger partial charge in [-0.1, -0.05) is 13.0 Å². The smallest absolute Gasteiger partial charge is 0.132 e. The lowest BCUT2D eigenvalue weighted by Gasteiger charge is -2.25. The molecular weight excluding hydrogens is 386 g/mol. The van der Waals surface area contributed by atoms with Gasteiger partial charge in [0.1, 0.15) is 11.5 Å². The Morgan fingerprint density at radius 1 is 1.03 bits per heavy atom. The highest BCUT2D eigenvalue weighted by Crippen LogP contribution is 2.41. The predicted octanol–water partition coefficient (Wildman–Crippen LogP) is 5.52. The van der Waals surface area contributed by atoms with E-state index in [1.54, 1.807) is 14.2 Å². The van der Waals surface area contributed by atoms with Gasteiger partial charge in [0.15, 0.2) is 0 Å². The van der Waals surface area contributed by atoms with Crippen LogP contribution in [0.2, 0.25) is 0 Å². The Balaban J connectivity index is 1.67. The van der Waals surface area contributed by atoms with Crippen LogP contribution in [-0.4, -0.2) is 36.9 Å². The summed E-state index contributed by atoms with van der Waals surface area (Å²) in [6.45, 7) is 6.66. The van der Waals surface area contributed by atoms with Gasteiger partial charge < -0.3 is 14.4 Å². The van der Waals surface area contributed by atoms with Crippen LogP contribution in [0.15, 0.2) is 30.3 Å². The number of hydrogen-bond acceptors (Lipinski definition) is 4. The number of anilines is 1. The third-order valence-electron chi connectivity index (χ3n) is 6.69. The molecule has 0 atom stereocenters. The van der Waals surface area contributed by atoms with Gasteiger partial charge in [-0.25, -0.2) is 4.52 Å². The summed E-state index contributed by atoms with van der Waals surface area (Å²) in [6, 6.07) is 10.5. The Hall–Kier alpha value is -2.69. The molecule has 0 saturated heterocycles. The molecule has 2 heterocycles. The van der Waals surface area contributed by atoms with Gasteiger partial charge in [0.2, 0.25) is 0 Å². The van der Waals surface area contributed by atoms with E-state index in [0.29, 0.717) is 0 Å². The molecule has 5 rings (SSSR count). The van der Waals surface area contributed by atoms with Crippen LogP contribution < -0.4 is 14.4 Å². The Kier molecular flexibility index (Phi) is 5.28. The van der Waals surface area contributed by atoms with Gasteiger partial charge in [-0.2, -0.15) is 5.10 Å². The van der Waals surface area contributed by atoms with Gasteiger partial charge in [-0.15, -0.1) is 0 Å². The summed E-state index contributed by atoms with van der Waals surface area (Å²) in [5.74, 6) is 3.32. The van der Waals surface area contributed by atoms with E-state index >= 15 is 0 Å². The largest absolute Gasteiger partial charge is 0.497 e. The molecule has 3 aromatic rings. The molecule has 0 spiro atoms. The first-order chi connectivity index (χ1) is 15.1. The number of rotatable bonds is 9. The zero-order chi connectivity index (χ0) is 21.5. The number of pyridine rings is 1. The molecule has 2 saturated carbocycles. The van der Waals surface area contributed by atoms with Crippen molar-refractivity contribution in [2.24, 2.45) is 11.8 Å². The van der Waals surface area contributed by atoms with Crippen LogP contribution in [0.25, 0.3) is 16.8 Å². The third kappa shape index (κ3) is 3.86. The van der Waals surface area contributed by atoms with Crippen LogP contribution in [0, 0.1) is 18.8 Å². The maximum Gasteiger partial charge on any atom is 0.132 e. The van der Waals surface area contributed by atoms with E-state index in [-0.39, 0.29) is 0 Å². The zero-order valence-electron chi connectivity index (χ0n) is 19.1. The first-order valence-electron chi connectivity index (χ1n) is 11.6. The number of benzene rings is 1. The average molecular weight is 420 g/mol. The van der Waals surface area contributed by atoms with Gasteiger partial charge in [0, 0.05) is 24.7 Å². The fourth-order valence-corrected chi connectivity index (χ4v) is 4.69. The Bertz CT molecular complexity index is 1080. The summed E-state index contributed by atoms with van der Waals surface area (Å²) in [5, 5.41) is 5.13. The van der Waals surface area contributed by atoms with Crippen LogP contribution in [0.1, 0.15) is 43.9 Å². The lowest BCUT2D eigenvalue weighted by atomic mass is 10.0. The van der Waals surface area contributed by atoms with Gasteiger partial charge in [-0.05, 0) is 74.6 Å². The molecule has 0 amide bonds. The van der Waals surface area contributed by atoms with Crippen LogP contribution in [-0.2, 0) is 6.42 Å². The number of nitrogens with zero attached hydrogens (tertiary/aromatic N) is 3. The highest BCUT2D eigenvalue weighted by Gasteiger charge is 2.32. The van der Waals surface area contributed by atoms with E-state index in [0.717, 1.165) is 46.6 Å². The Morgan fingerprint density at radius 2 is 1.74 bits per heavy atom. The molecule has 0 bridgehead atoms. The fourth-order valence-electron chi connectivity index (χ4n) is 4.69. The number of aromatic nitrogens is 2. The van der Waals surface area contributed by atoms with Crippen molar-refractivity contribution < 1.29 is 9.47 Å². The summed E-state index contributed by atoms with van der Waals surface area (Å²) in [6.07, 6.45) is 6.41. The number of ether oxygens (including phenoxy) is 2. The van der Waals surface area contributed by atoms with Crippen molar-refractivity contribution in [3.05, 3.63) is 41.6 Å². The molecule has 5 nitrogen and oxygen atoms in total. The summed E-state index contributed by atoms with van der Waals surface area (Å²) in [4.78, 5) is 2.65. The second kappa shape index (κ2) is 8.10. The minimum Gasteiger partial charge on any atom is -0.497 e. The zero-order valence-corrected chi connectivity index (χ0v) is 19.1. The molecule has 0 N–H and O–H groups in total. The van der Waals surface area contributed by atoms with Crippen molar-refractivity contribution >= 4 is 11.2 Å². The van der Waals surface area contributed by atoms with Crippen molar-refractivity contribution in [2.45, 2.75) is 46.0 Å². The second-order valence-corrected chi connectivity index (χ2v) is 9.17. The van der Waals surface area contributed by atoms with E-state index in [4.69, 9.17) is 14.6 Å². The highest BCUT2D eigenvalue weighted by molar-refractivity contribution is 5.81. The lowest BCUT2D eigenvalue weighted by molar-refractivity contribution is 0.394. The molecule has 164 valence electrons. The molecule has 0 unspecified atom stereocenters. The quantitative estimate of drug-likeness (QED) is 0.458. The molecule has 0 radical (unpaired) electrons. The third-order valence-corrected chi connectivity index (χ3v) is 6.69. The second-order valence-electron chi connectivity index (χ2n) is 9.17. The van der Waals surface area contributed by atoms with Crippen molar-refractivity contribution in [1.82, 2.24) is 9.61 Å². The number of methoxy groups -OCH3 is 2. The van der Waals surface area contributed by atoms with Crippen molar-refractivity contribution in [2.75, 3.05) is 32.2 Å². The average Bonchev–Trinajstić information content (AvgIpc) is 3.71. The van der Waals surface area contributed by atoms with Crippen LogP contribution >= 0.6 is 0 Å². The van der Waals surface area contributed by atoms with Gasteiger partial charge >= 0.3 is 0 Å². The Morgan fingerprint density at radius 3 is 2.32 bits per heavy atom. The number of fused-ring (bicyclic) bond motifs is 1. The summed E-state index contributed by atoms with van der Waals surface area (Å²) in [5.41, 5.74) is 6.99. The summed E-state index contributed by atoms with van der Waals surface area (Å²) >= 11 is 0. The van der Waals surface area contributed by atoms with Crippen molar-refractivity contribution in [3.8, 4) is 22.8 Å². The normalized spacial score (nSPS) is 16.0. The lowest BCUT2D eigenvalue weighted by Crippen LogP contribution is -2.28. The minimum absolute atomic E-state index is 0.806. The number of hydrogen-bond donors (Lipinski definition) is 0. The summed E-state index contributed by atoms with van der Waals surface area (Å²) < 4.78 is 13.4. The van der Waals surface area contributed by atoms with Crippen molar-refractivity contribution in [1.29, 1.82) is 0 Å². The molecule has 2 aromatic heterocycles. The van der Waals surface area contributed by atoms with E-state index in [1.807, 2.05) is 6.07 Å². The fraction of sp³-hybridized carbons (Fsp3) is 0.500. The van der Waals surface area contributed by atoms with E-state index in [9.17, 15) is 0 Å². The van der Waals surface area contributed by atoms with Crippen LogP contribution in [0.5, 0.6) is 11.5 Å². The highest BCUT2D eigenvalue weighted by atomic mass is 16.5. The maximum atomic E-state index is 5.77. The van der Waals surface area contributed by atoms with E-state index in [1.165, 1.54) is 55.7 Å². The van der Waals surface area contributed by atoms with Gasteiger partial charge in [0.25, 0.3) is 0 Å². The first-order valence-corrected chi connectivity index (χ1v) is 11.6. The SMILES string of the molecule is CCc1nn2c(-c3c(C)cc(OC)cc3OC)cccc2c1N(CC1CC1)CC1CC1. The monoisotopic (exact) mass is 419 g/mol. The maximum absolute atomic E-state index is 5.77. The molecular formula is C26H33N3O2. The predicted molar refractivity (Wildman–Crippen MR) is 126 cm³/mol. The standard InChI is InChI=1S/C26H33N3O2/c1-5-21-26(28(15-18-9-10-18)16-19-11-12-19)23-8-6-7-22(29(23)27-21)25-17(2)13-20(30-3)14-24(25)31-4/h6-8,13-14,18-19H,5,9-12,15-16H2,1-4H3. The molecule has 31 heavy (non-hydrogen) atoms. The molecule has 2 aliphatic carbocycles. The molecule has 2 aliphatic rings. The minimum atomic E-state index is 0.806. The number of aryl methyl sites for hydroxylation is 2. The van der Waals surface area contributed by atoms with Crippen LogP contribution in [0.4, 0.5) is 5.69 Å². The molecule has 5 heteroatoms. The van der Waals surface area contributed by atoms with E-state index in [2.05, 4.69) is 47.5 Å². The van der Waals surface area contributed by atoms with Crippen LogP contribution in [0.3, 0.4) is 0 Å². The molecule has 0 aliphatic heterocycles. The topological polar surface area (TPSA) is 39.0 Å². The first kappa shape index (κ1) is 20.2. The molecule has 2 fully saturated rings. The summed E-state index contributed by atoms with van der Waals surface area (Å²) in [7, 11) is 3.41. The van der Waals surface area contributed by atoms with Crippen molar-refractivity contribution in [3.63, 3.8) is 0 Å².